The molecule has 0 aliphatic carbocycles. The number of aromatic nitrogens is 2. The number of fused-ring (bicyclic) bond motifs is 1. The molecule has 0 amide bonds. The van der Waals surface area contributed by atoms with Gasteiger partial charge in [0.25, 0.3) is 0 Å². The average Bonchev–Trinajstić information content (AvgIpc) is 3.01. The van der Waals surface area contributed by atoms with Crippen LogP contribution in [0, 0.1) is 6.92 Å². The van der Waals surface area contributed by atoms with E-state index < -0.39 is 10.0 Å². The van der Waals surface area contributed by atoms with Crippen LogP contribution in [0.3, 0.4) is 0 Å². The van der Waals surface area contributed by atoms with Gasteiger partial charge in [-0.25, -0.2) is 13.1 Å². The summed E-state index contributed by atoms with van der Waals surface area (Å²) in [5, 5.41) is 4.38. The maximum atomic E-state index is 11.7. The van der Waals surface area contributed by atoms with E-state index in [0.717, 1.165) is 25.3 Å². The Morgan fingerprint density at radius 2 is 2.17 bits per heavy atom. The van der Waals surface area contributed by atoms with Crippen molar-refractivity contribution in [2.24, 2.45) is 0 Å². The second-order valence-corrected chi connectivity index (χ2v) is 8.43. The molecule has 2 aromatic rings. The largest absolute Gasteiger partial charge is 0.291 e. The molecule has 0 bridgehead atoms. The van der Waals surface area contributed by atoms with Crippen molar-refractivity contribution in [2.45, 2.75) is 33.0 Å². The molecule has 1 aromatic heterocycles. The second kappa shape index (κ2) is 7.04. The zero-order valence-corrected chi connectivity index (χ0v) is 15.0. The third-order valence-electron chi connectivity index (χ3n) is 4.36. The monoisotopic (exact) mass is 348 g/mol. The predicted octanol–water partition coefficient (Wildman–Crippen LogP) is 1.69. The smallest absolute Gasteiger partial charge is 0.211 e. The fraction of sp³-hybridized carbons (Fsp3) is 0.471. The van der Waals surface area contributed by atoms with Gasteiger partial charge in [0.15, 0.2) is 0 Å². The number of nitrogens with zero attached hydrogens (tertiary/aromatic N) is 3. The highest BCUT2D eigenvalue weighted by Gasteiger charge is 2.26. The van der Waals surface area contributed by atoms with Crippen molar-refractivity contribution in [1.82, 2.24) is 19.4 Å². The number of aryl methyl sites for hydroxylation is 1. The van der Waals surface area contributed by atoms with Crippen LogP contribution in [0.4, 0.5) is 0 Å². The summed E-state index contributed by atoms with van der Waals surface area (Å²) in [7, 11) is -3.20. The molecule has 7 heteroatoms. The highest BCUT2D eigenvalue weighted by Crippen LogP contribution is 2.22. The second-order valence-electron chi connectivity index (χ2n) is 6.33. The van der Waals surface area contributed by atoms with Crippen LogP contribution in [0.5, 0.6) is 0 Å². The van der Waals surface area contributed by atoms with Crippen LogP contribution >= 0.6 is 0 Å². The molecule has 0 spiro atoms. The van der Waals surface area contributed by atoms with Gasteiger partial charge in [0.1, 0.15) is 0 Å². The van der Waals surface area contributed by atoms with E-state index in [-0.39, 0.29) is 11.8 Å². The summed E-state index contributed by atoms with van der Waals surface area (Å²) in [6, 6.07) is 10.5. The topological polar surface area (TPSA) is 67.2 Å². The van der Waals surface area contributed by atoms with Crippen LogP contribution in [-0.2, 0) is 23.1 Å². The van der Waals surface area contributed by atoms with Crippen LogP contribution in [0.25, 0.3) is 0 Å². The van der Waals surface area contributed by atoms with Gasteiger partial charge < -0.3 is 0 Å². The van der Waals surface area contributed by atoms with E-state index in [1.54, 1.807) is 13.1 Å². The summed E-state index contributed by atoms with van der Waals surface area (Å²) < 4.78 is 28.1. The van der Waals surface area contributed by atoms with Crippen molar-refractivity contribution in [2.75, 3.05) is 18.8 Å². The summed E-state index contributed by atoms with van der Waals surface area (Å²) >= 11 is 0. The lowest BCUT2D eigenvalue weighted by Crippen LogP contribution is -2.42. The average molecular weight is 348 g/mol. The van der Waals surface area contributed by atoms with E-state index in [9.17, 15) is 8.42 Å². The Morgan fingerprint density at radius 3 is 2.92 bits per heavy atom. The van der Waals surface area contributed by atoms with E-state index in [1.807, 2.05) is 10.7 Å². The molecule has 0 radical (unpaired) electrons. The van der Waals surface area contributed by atoms with Gasteiger partial charge in [-0.15, -0.1) is 0 Å². The number of nitrogens with one attached hydrogen (secondary N) is 1. The minimum absolute atomic E-state index is 0.00915. The van der Waals surface area contributed by atoms with Crippen LogP contribution in [0.1, 0.15) is 29.8 Å². The first kappa shape index (κ1) is 17.1. The maximum absolute atomic E-state index is 11.7. The fourth-order valence-corrected chi connectivity index (χ4v) is 3.78. The molecule has 6 nitrogen and oxygen atoms in total. The first-order chi connectivity index (χ1) is 11.5. The fourth-order valence-electron chi connectivity index (χ4n) is 3.13. The van der Waals surface area contributed by atoms with Gasteiger partial charge in [-0.1, -0.05) is 29.8 Å². The lowest BCUT2D eigenvalue weighted by atomic mass is 10.1. The Labute approximate surface area is 143 Å². The van der Waals surface area contributed by atoms with Gasteiger partial charge >= 0.3 is 0 Å². The Kier molecular flexibility index (Phi) is 5.03. The molecule has 1 aliphatic heterocycles. The van der Waals surface area contributed by atoms with E-state index >= 15 is 0 Å². The van der Waals surface area contributed by atoms with Crippen molar-refractivity contribution in [3.05, 3.63) is 53.3 Å². The van der Waals surface area contributed by atoms with Crippen LogP contribution in [-0.4, -0.2) is 41.9 Å². The Hall–Kier alpha value is -1.70. The summed E-state index contributed by atoms with van der Waals surface area (Å²) in [5.74, 6) is 0.0959. The maximum Gasteiger partial charge on any atom is 0.211 e. The Balaban J connectivity index is 1.73. The van der Waals surface area contributed by atoms with Gasteiger partial charge in [-0.3, -0.25) is 9.58 Å². The summed E-state index contributed by atoms with van der Waals surface area (Å²) in [4.78, 5) is 2.34. The Morgan fingerprint density at radius 1 is 1.33 bits per heavy atom. The summed E-state index contributed by atoms with van der Waals surface area (Å²) in [5.41, 5.74) is 3.65. The zero-order chi connectivity index (χ0) is 17.2. The van der Waals surface area contributed by atoms with Gasteiger partial charge in [0.2, 0.25) is 10.0 Å². The highest BCUT2D eigenvalue weighted by atomic mass is 32.2. The number of sulfonamides is 1. The molecule has 2 heterocycles. The number of hydrogen-bond acceptors (Lipinski definition) is 4. The molecule has 1 aliphatic rings. The van der Waals surface area contributed by atoms with Gasteiger partial charge in [-0.2, -0.15) is 5.10 Å². The highest BCUT2D eigenvalue weighted by molar-refractivity contribution is 7.89. The molecule has 0 saturated carbocycles. The quantitative estimate of drug-likeness (QED) is 0.863. The van der Waals surface area contributed by atoms with Crippen molar-refractivity contribution in [3.63, 3.8) is 0 Å². The SMILES string of the molecule is CCS(=O)(=O)NC[C@@H]1CN(Cc2cccc(C)c2)Cc2ccnn21. The third kappa shape index (κ3) is 4.03. The van der Waals surface area contributed by atoms with E-state index in [4.69, 9.17) is 0 Å². The molecule has 1 aromatic carbocycles. The van der Waals surface area contributed by atoms with Crippen LogP contribution < -0.4 is 4.72 Å². The van der Waals surface area contributed by atoms with E-state index in [2.05, 4.69) is 45.9 Å². The lowest BCUT2D eigenvalue weighted by molar-refractivity contribution is 0.168. The van der Waals surface area contributed by atoms with Crippen molar-refractivity contribution in [1.29, 1.82) is 0 Å². The predicted molar refractivity (Wildman–Crippen MR) is 94.0 cm³/mol. The molecule has 3 rings (SSSR count). The Bertz CT molecular complexity index is 800. The molecule has 0 saturated heterocycles. The van der Waals surface area contributed by atoms with Crippen LogP contribution in [0.2, 0.25) is 0 Å². The van der Waals surface area contributed by atoms with E-state index in [0.29, 0.717) is 6.54 Å². The van der Waals surface area contributed by atoms with Crippen molar-refractivity contribution < 1.29 is 8.42 Å². The first-order valence-electron chi connectivity index (χ1n) is 8.24. The zero-order valence-electron chi connectivity index (χ0n) is 14.1. The lowest BCUT2D eigenvalue weighted by Gasteiger charge is -2.34. The van der Waals surface area contributed by atoms with Gasteiger partial charge in [-0.05, 0) is 25.5 Å². The van der Waals surface area contributed by atoms with Crippen LogP contribution in [0.15, 0.2) is 36.5 Å². The minimum atomic E-state index is -3.20. The number of hydrogen-bond donors (Lipinski definition) is 1. The molecule has 1 atom stereocenters. The summed E-state index contributed by atoms with van der Waals surface area (Å²) in [6.45, 7) is 6.56. The standard InChI is InChI=1S/C17H24N4O2S/c1-3-24(22,23)19-10-17-13-20(12-16-7-8-18-21(16)17)11-15-6-4-5-14(2)9-15/h4-9,17,19H,3,10-13H2,1-2H3/t17-/m1/s1. The van der Waals surface area contributed by atoms with Gasteiger partial charge in [0, 0.05) is 32.4 Å². The summed E-state index contributed by atoms with van der Waals surface area (Å²) in [6.07, 6.45) is 1.78. The molecule has 0 fully saturated rings. The van der Waals surface area contributed by atoms with Gasteiger partial charge in [0.05, 0.1) is 17.5 Å². The molecule has 0 unspecified atom stereocenters. The molecule has 1 N–H and O–H groups in total. The molecular formula is C17H24N4O2S. The molecule has 24 heavy (non-hydrogen) atoms. The normalized spacial score (nSPS) is 18.5. The minimum Gasteiger partial charge on any atom is -0.291 e. The van der Waals surface area contributed by atoms with Crippen molar-refractivity contribution in [3.8, 4) is 0 Å². The third-order valence-corrected chi connectivity index (χ3v) is 5.73. The number of rotatable bonds is 6. The van der Waals surface area contributed by atoms with Crippen molar-refractivity contribution >= 4 is 10.0 Å². The van der Waals surface area contributed by atoms with E-state index in [1.165, 1.54) is 11.1 Å². The first-order valence-corrected chi connectivity index (χ1v) is 9.89. The number of benzene rings is 1. The molecule has 130 valence electrons. The molecular weight excluding hydrogens is 324 g/mol.